The fourth-order valence-electron chi connectivity index (χ4n) is 3.46. The molecule has 3 heterocycles. The van der Waals surface area contributed by atoms with Gasteiger partial charge in [0.15, 0.2) is 0 Å². The van der Waals surface area contributed by atoms with E-state index in [1.165, 1.54) is 11.8 Å². The normalized spacial score (nSPS) is 13.5. The molecule has 0 spiro atoms. The lowest BCUT2D eigenvalue weighted by molar-refractivity contribution is 0.0997. The van der Waals surface area contributed by atoms with Crippen molar-refractivity contribution in [3.05, 3.63) is 77.2 Å². The molecule has 6 heteroatoms. The lowest BCUT2D eigenvalue weighted by Gasteiger charge is -2.21. The molecule has 0 atom stereocenters. The van der Waals surface area contributed by atoms with Crippen molar-refractivity contribution in [1.82, 2.24) is 9.97 Å². The van der Waals surface area contributed by atoms with Crippen LogP contribution in [0, 0.1) is 0 Å². The Balaban J connectivity index is 1.61. The van der Waals surface area contributed by atoms with Gasteiger partial charge in [0.2, 0.25) is 0 Å². The van der Waals surface area contributed by atoms with Crippen molar-refractivity contribution < 1.29 is 9.90 Å². The summed E-state index contributed by atoms with van der Waals surface area (Å²) in [6.45, 7) is 7.22. The molecule has 1 aromatic carbocycles. The molecule has 0 bridgehead atoms. The Morgan fingerprint density at radius 3 is 2.52 bits per heavy atom. The molecule has 4 rings (SSSR count). The third kappa shape index (κ3) is 3.66. The van der Waals surface area contributed by atoms with Gasteiger partial charge in [-0.15, -0.1) is 0 Å². The fraction of sp³-hybridized carbons (Fsp3) is 0.261. The second-order valence-electron chi connectivity index (χ2n) is 8.21. The molecule has 0 saturated carbocycles. The Morgan fingerprint density at radius 1 is 1.10 bits per heavy atom. The van der Waals surface area contributed by atoms with Crippen LogP contribution in [0.5, 0.6) is 5.75 Å². The standard InChI is InChI=1S/C23H24N4O2/c1-23(2,3)15-7-9-17(10-8-15)27-14-18-19(28)13-26-21(20(18)22(27)29)25-12-16-6-4-5-11-24-16/h4-11,13,28H,12,14H2,1-3H3,(H,25,26). The number of anilines is 2. The Morgan fingerprint density at radius 2 is 1.86 bits per heavy atom. The molecular weight excluding hydrogens is 364 g/mol. The van der Waals surface area contributed by atoms with E-state index < -0.39 is 0 Å². The van der Waals surface area contributed by atoms with Gasteiger partial charge in [-0.3, -0.25) is 9.78 Å². The predicted molar refractivity (Wildman–Crippen MR) is 113 cm³/mol. The van der Waals surface area contributed by atoms with Gasteiger partial charge in [0.05, 0.1) is 30.5 Å². The first-order valence-corrected chi connectivity index (χ1v) is 9.61. The molecule has 2 N–H and O–H groups in total. The van der Waals surface area contributed by atoms with E-state index in [0.717, 1.165) is 11.4 Å². The molecule has 0 saturated heterocycles. The summed E-state index contributed by atoms with van der Waals surface area (Å²) in [7, 11) is 0. The molecule has 6 nitrogen and oxygen atoms in total. The van der Waals surface area contributed by atoms with Crippen LogP contribution < -0.4 is 10.2 Å². The van der Waals surface area contributed by atoms with Crippen LogP contribution in [0.2, 0.25) is 0 Å². The zero-order valence-corrected chi connectivity index (χ0v) is 16.8. The highest BCUT2D eigenvalue weighted by atomic mass is 16.3. The van der Waals surface area contributed by atoms with E-state index in [9.17, 15) is 9.90 Å². The van der Waals surface area contributed by atoms with Crippen LogP contribution in [0.25, 0.3) is 0 Å². The van der Waals surface area contributed by atoms with Crippen LogP contribution in [-0.4, -0.2) is 21.0 Å². The van der Waals surface area contributed by atoms with Crippen LogP contribution in [0.3, 0.4) is 0 Å². The zero-order valence-electron chi connectivity index (χ0n) is 16.8. The topological polar surface area (TPSA) is 78.3 Å². The van der Waals surface area contributed by atoms with E-state index in [4.69, 9.17) is 0 Å². The van der Waals surface area contributed by atoms with Crippen LogP contribution in [0.1, 0.15) is 48.0 Å². The van der Waals surface area contributed by atoms with Crippen molar-refractivity contribution in [3.63, 3.8) is 0 Å². The number of pyridine rings is 2. The third-order valence-corrected chi connectivity index (χ3v) is 5.15. The number of nitrogens with one attached hydrogen (secondary N) is 1. The molecule has 2 aromatic heterocycles. The van der Waals surface area contributed by atoms with Crippen molar-refractivity contribution in [2.24, 2.45) is 0 Å². The third-order valence-electron chi connectivity index (χ3n) is 5.15. The number of carbonyl (C=O) groups is 1. The molecule has 1 amide bonds. The Labute approximate surface area is 170 Å². The first-order valence-electron chi connectivity index (χ1n) is 9.61. The Kier molecular flexibility index (Phi) is 4.70. The van der Waals surface area contributed by atoms with Crippen LogP contribution in [0.4, 0.5) is 11.5 Å². The van der Waals surface area contributed by atoms with Crippen LogP contribution >= 0.6 is 0 Å². The number of aromatic hydroxyl groups is 1. The summed E-state index contributed by atoms with van der Waals surface area (Å²) in [4.78, 5) is 23.4. The summed E-state index contributed by atoms with van der Waals surface area (Å²) in [6, 6.07) is 13.7. The molecule has 29 heavy (non-hydrogen) atoms. The first kappa shape index (κ1) is 18.9. The highest BCUT2D eigenvalue weighted by Gasteiger charge is 2.34. The van der Waals surface area contributed by atoms with E-state index in [-0.39, 0.29) is 17.1 Å². The van der Waals surface area contributed by atoms with E-state index >= 15 is 0 Å². The predicted octanol–water partition coefficient (Wildman–Crippen LogP) is 4.25. The highest BCUT2D eigenvalue weighted by molar-refractivity contribution is 6.13. The molecule has 0 unspecified atom stereocenters. The maximum atomic E-state index is 13.2. The number of rotatable bonds is 4. The average molecular weight is 388 g/mol. The minimum atomic E-state index is -0.171. The number of aromatic nitrogens is 2. The van der Waals surface area contributed by atoms with Gasteiger partial charge in [0.1, 0.15) is 11.6 Å². The molecular formula is C23H24N4O2. The van der Waals surface area contributed by atoms with Gasteiger partial charge in [0, 0.05) is 17.4 Å². The van der Waals surface area contributed by atoms with Crippen molar-refractivity contribution in [2.45, 2.75) is 39.3 Å². The maximum absolute atomic E-state index is 13.2. The summed E-state index contributed by atoms with van der Waals surface area (Å²) >= 11 is 0. The van der Waals surface area contributed by atoms with E-state index in [1.807, 2.05) is 42.5 Å². The molecule has 148 valence electrons. The van der Waals surface area contributed by atoms with Crippen LogP contribution in [-0.2, 0) is 18.5 Å². The lowest BCUT2D eigenvalue weighted by Crippen LogP contribution is -2.24. The Bertz CT molecular complexity index is 1040. The number of amides is 1. The van der Waals surface area contributed by atoms with Crippen molar-refractivity contribution in [3.8, 4) is 5.75 Å². The second-order valence-corrected chi connectivity index (χ2v) is 8.21. The minimum Gasteiger partial charge on any atom is -0.506 e. The number of hydrogen-bond acceptors (Lipinski definition) is 5. The Hall–Kier alpha value is -3.41. The van der Waals surface area contributed by atoms with E-state index in [2.05, 4.69) is 36.1 Å². The zero-order chi connectivity index (χ0) is 20.6. The van der Waals surface area contributed by atoms with Gasteiger partial charge >= 0.3 is 0 Å². The number of nitrogens with zero attached hydrogens (tertiary/aromatic N) is 3. The van der Waals surface area contributed by atoms with Crippen LogP contribution in [0.15, 0.2) is 54.9 Å². The number of benzene rings is 1. The smallest absolute Gasteiger partial charge is 0.262 e. The summed E-state index contributed by atoms with van der Waals surface area (Å²) in [6.07, 6.45) is 3.11. The highest BCUT2D eigenvalue weighted by Crippen LogP contribution is 2.37. The molecule has 1 aliphatic heterocycles. The van der Waals surface area contributed by atoms with Gasteiger partial charge < -0.3 is 15.3 Å². The monoisotopic (exact) mass is 388 g/mol. The molecule has 1 aliphatic rings. The quantitative estimate of drug-likeness (QED) is 0.698. The van der Waals surface area contributed by atoms with Crippen molar-refractivity contribution >= 4 is 17.4 Å². The van der Waals surface area contributed by atoms with Gasteiger partial charge in [0.25, 0.3) is 5.91 Å². The van der Waals surface area contributed by atoms with E-state index in [1.54, 1.807) is 11.1 Å². The maximum Gasteiger partial charge on any atom is 0.262 e. The molecule has 0 aliphatic carbocycles. The molecule has 3 aromatic rings. The molecule has 0 fully saturated rings. The molecule has 0 radical (unpaired) electrons. The number of fused-ring (bicyclic) bond motifs is 1. The van der Waals surface area contributed by atoms with Gasteiger partial charge in [-0.1, -0.05) is 39.0 Å². The van der Waals surface area contributed by atoms with Crippen molar-refractivity contribution in [1.29, 1.82) is 0 Å². The lowest BCUT2D eigenvalue weighted by atomic mass is 9.87. The number of hydrogen-bond donors (Lipinski definition) is 2. The first-order chi connectivity index (χ1) is 13.8. The number of carbonyl (C=O) groups excluding carboxylic acids is 1. The minimum absolute atomic E-state index is 0.0329. The van der Waals surface area contributed by atoms with Crippen molar-refractivity contribution in [2.75, 3.05) is 10.2 Å². The van der Waals surface area contributed by atoms with E-state index in [0.29, 0.717) is 30.0 Å². The summed E-state index contributed by atoms with van der Waals surface area (Å²) in [5.74, 6) is 0.322. The largest absolute Gasteiger partial charge is 0.506 e. The second kappa shape index (κ2) is 7.20. The fourth-order valence-corrected chi connectivity index (χ4v) is 3.46. The SMILES string of the molecule is CC(C)(C)c1ccc(N2Cc3c(O)cnc(NCc4ccccn4)c3C2=O)cc1. The average Bonchev–Trinajstić information content (AvgIpc) is 3.06. The summed E-state index contributed by atoms with van der Waals surface area (Å²) < 4.78 is 0. The van der Waals surface area contributed by atoms with Gasteiger partial charge in [-0.05, 0) is 35.2 Å². The van der Waals surface area contributed by atoms with Gasteiger partial charge in [-0.2, -0.15) is 0 Å². The van der Waals surface area contributed by atoms with Gasteiger partial charge in [-0.25, -0.2) is 4.98 Å². The summed E-state index contributed by atoms with van der Waals surface area (Å²) in [5, 5.41) is 13.5. The summed E-state index contributed by atoms with van der Waals surface area (Å²) in [5.41, 5.74) is 3.90.